The van der Waals surface area contributed by atoms with Crippen molar-refractivity contribution in [3.63, 3.8) is 0 Å². The van der Waals surface area contributed by atoms with Crippen molar-refractivity contribution in [1.82, 2.24) is 24.6 Å². The van der Waals surface area contributed by atoms with E-state index in [-0.39, 0.29) is 5.82 Å². The van der Waals surface area contributed by atoms with Crippen LogP contribution in [0.3, 0.4) is 0 Å². The fourth-order valence-electron chi connectivity index (χ4n) is 3.05. The van der Waals surface area contributed by atoms with E-state index < -0.39 is 0 Å². The molecule has 0 amide bonds. The van der Waals surface area contributed by atoms with Gasteiger partial charge in [0.15, 0.2) is 5.82 Å². The summed E-state index contributed by atoms with van der Waals surface area (Å²) < 4.78 is 17.4. The van der Waals surface area contributed by atoms with Gasteiger partial charge in [-0.05, 0) is 49.7 Å². The molecule has 0 unspecified atom stereocenters. The first-order valence-electron chi connectivity index (χ1n) is 7.80. The van der Waals surface area contributed by atoms with Gasteiger partial charge < -0.3 is 5.32 Å². The van der Waals surface area contributed by atoms with Gasteiger partial charge >= 0.3 is 0 Å². The van der Waals surface area contributed by atoms with E-state index in [0.29, 0.717) is 0 Å². The number of halogens is 1. The third kappa shape index (κ3) is 2.55. The molecule has 0 spiro atoms. The Morgan fingerprint density at radius 1 is 1.26 bits per heavy atom. The van der Waals surface area contributed by atoms with Crippen molar-refractivity contribution in [3.05, 3.63) is 53.7 Å². The van der Waals surface area contributed by atoms with Crippen LogP contribution in [0.25, 0.3) is 17.2 Å². The first-order valence-corrected chi connectivity index (χ1v) is 7.80. The van der Waals surface area contributed by atoms with Crippen LogP contribution in [0.5, 0.6) is 0 Å². The summed E-state index contributed by atoms with van der Waals surface area (Å²) >= 11 is 0. The Kier molecular flexibility index (Phi) is 3.46. The molecule has 1 aliphatic rings. The number of imidazole rings is 1. The van der Waals surface area contributed by atoms with E-state index in [9.17, 15) is 4.39 Å². The number of aromatic nitrogens is 4. The minimum Gasteiger partial charge on any atom is -0.311 e. The molecule has 1 aliphatic heterocycles. The van der Waals surface area contributed by atoms with Crippen molar-refractivity contribution in [2.45, 2.75) is 26.4 Å². The van der Waals surface area contributed by atoms with Gasteiger partial charge in [-0.1, -0.05) is 0 Å². The Morgan fingerprint density at radius 2 is 2.17 bits per heavy atom. The van der Waals surface area contributed by atoms with E-state index in [1.54, 1.807) is 12.3 Å². The predicted octanol–water partition coefficient (Wildman–Crippen LogP) is 2.68. The lowest BCUT2D eigenvalue weighted by Gasteiger charge is -2.09. The fraction of sp³-hybridized carbons (Fsp3) is 0.294. The van der Waals surface area contributed by atoms with Gasteiger partial charge in [0.2, 0.25) is 0 Å². The van der Waals surface area contributed by atoms with Crippen LogP contribution in [0.1, 0.15) is 17.7 Å². The molecular weight excluding hydrogens is 293 g/mol. The van der Waals surface area contributed by atoms with Crippen LogP contribution in [0, 0.1) is 12.7 Å². The first-order chi connectivity index (χ1) is 11.2. The highest BCUT2D eigenvalue weighted by Gasteiger charge is 2.16. The van der Waals surface area contributed by atoms with Gasteiger partial charge in [0.05, 0.1) is 11.4 Å². The highest BCUT2D eigenvalue weighted by molar-refractivity contribution is 5.56. The zero-order chi connectivity index (χ0) is 15.8. The maximum absolute atomic E-state index is 13.4. The molecule has 23 heavy (non-hydrogen) atoms. The zero-order valence-corrected chi connectivity index (χ0v) is 13.0. The number of hydrogen-bond acceptors (Lipinski definition) is 3. The normalized spacial score (nSPS) is 14.5. The van der Waals surface area contributed by atoms with Crippen molar-refractivity contribution >= 4 is 0 Å². The van der Waals surface area contributed by atoms with Crippen molar-refractivity contribution in [2.24, 2.45) is 0 Å². The molecule has 0 bridgehead atoms. The molecule has 0 saturated carbocycles. The maximum atomic E-state index is 13.4. The number of nitrogens with one attached hydrogen (secondary N) is 1. The highest BCUT2D eigenvalue weighted by atomic mass is 19.1. The second kappa shape index (κ2) is 5.62. The van der Waals surface area contributed by atoms with Gasteiger partial charge in [-0.3, -0.25) is 9.25 Å². The SMILES string of the molecule is Cc1cc(F)ccc1-n1ccnc1-c1cc2n(n1)CCCNC2. The van der Waals surface area contributed by atoms with Crippen molar-refractivity contribution in [1.29, 1.82) is 0 Å². The number of hydrogen-bond donors (Lipinski definition) is 1. The number of rotatable bonds is 2. The molecule has 1 aromatic carbocycles. The molecular formula is C17H18FN5. The van der Waals surface area contributed by atoms with Crippen LogP contribution in [-0.2, 0) is 13.1 Å². The van der Waals surface area contributed by atoms with Crippen LogP contribution < -0.4 is 5.32 Å². The second-order valence-corrected chi connectivity index (χ2v) is 5.83. The largest absolute Gasteiger partial charge is 0.311 e. The van der Waals surface area contributed by atoms with E-state index >= 15 is 0 Å². The molecule has 0 radical (unpaired) electrons. The van der Waals surface area contributed by atoms with E-state index in [2.05, 4.69) is 16.4 Å². The van der Waals surface area contributed by atoms with Crippen LogP contribution in [0.15, 0.2) is 36.7 Å². The summed E-state index contributed by atoms with van der Waals surface area (Å²) in [5.74, 6) is 0.549. The third-order valence-electron chi connectivity index (χ3n) is 4.18. The van der Waals surface area contributed by atoms with E-state index in [1.165, 1.54) is 17.8 Å². The van der Waals surface area contributed by atoms with Gasteiger partial charge in [0, 0.05) is 25.5 Å². The average molecular weight is 311 g/mol. The molecule has 0 atom stereocenters. The highest BCUT2D eigenvalue weighted by Crippen LogP contribution is 2.24. The smallest absolute Gasteiger partial charge is 0.165 e. The molecule has 118 valence electrons. The predicted molar refractivity (Wildman–Crippen MR) is 85.8 cm³/mol. The quantitative estimate of drug-likeness (QED) is 0.791. The summed E-state index contributed by atoms with van der Waals surface area (Å²) in [4.78, 5) is 4.47. The standard InChI is InChI=1S/C17H18FN5/c1-12-9-13(18)3-4-16(12)22-8-6-20-17(22)15-10-14-11-19-5-2-7-23(14)21-15/h3-4,6,8-10,19H,2,5,7,11H2,1H3. The molecule has 3 aromatic rings. The fourth-order valence-corrected chi connectivity index (χ4v) is 3.05. The lowest BCUT2D eigenvalue weighted by atomic mass is 10.2. The molecule has 0 fully saturated rings. The number of aryl methyl sites for hydroxylation is 2. The Morgan fingerprint density at radius 3 is 3.04 bits per heavy atom. The van der Waals surface area contributed by atoms with Crippen molar-refractivity contribution < 1.29 is 4.39 Å². The third-order valence-corrected chi connectivity index (χ3v) is 4.18. The minimum absolute atomic E-state index is 0.229. The average Bonchev–Trinajstić information content (AvgIpc) is 3.09. The zero-order valence-electron chi connectivity index (χ0n) is 13.0. The summed E-state index contributed by atoms with van der Waals surface area (Å²) in [6.07, 6.45) is 4.71. The van der Waals surface area contributed by atoms with Crippen LogP contribution in [0.4, 0.5) is 4.39 Å². The first kappa shape index (κ1) is 14.1. The summed E-state index contributed by atoms with van der Waals surface area (Å²) in [5, 5.41) is 8.10. The summed E-state index contributed by atoms with van der Waals surface area (Å²) in [7, 11) is 0. The second-order valence-electron chi connectivity index (χ2n) is 5.83. The topological polar surface area (TPSA) is 47.7 Å². The summed E-state index contributed by atoms with van der Waals surface area (Å²) in [5.41, 5.74) is 3.80. The lowest BCUT2D eigenvalue weighted by molar-refractivity contribution is 0.588. The van der Waals surface area contributed by atoms with E-state index in [4.69, 9.17) is 5.10 Å². The van der Waals surface area contributed by atoms with Crippen LogP contribution in [0.2, 0.25) is 0 Å². The Bertz CT molecular complexity index is 825. The molecule has 0 aliphatic carbocycles. The summed E-state index contributed by atoms with van der Waals surface area (Å²) in [6, 6.07) is 6.86. The molecule has 6 heteroatoms. The number of benzene rings is 1. The van der Waals surface area contributed by atoms with Gasteiger partial charge in [0.1, 0.15) is 11.5 Å². The number of nitrogens with zero attached hydrogens (tertiary/aromatic N) is 4. The Hall–Kier alpha value is -2.47. The molecule has 4 rings (SSSR count). The maximum Gasteiger partial charge on any atom is 0.165 e. The molecule has 0 saturated heterocycles. The van der Waals surface area contributed by atoms with E-state index in [0.717, 1.165) is 48.8 Å². The Labute approximate surface area is 133 Å². The number of fused-ring (bicyclic) bond motifs is 1. The minimum atomic E-state index is -0.229. The monoisotopic (exact) mass is 311 g/mol. The molecule has 3 heterocycles. The van der Waals surface area contributed by atoms with Crippen LogP contribution in [-0.4, -0.2) is 25.9 Å². The lowest BCUT2D eigenvalue weighted by Crippen LogP contribution is -2.11. The van der Waals surface area contributed by atoms with Gasteiger partial charge in [0.25, 0.3) is 0 Å². The molecule has 2 aromatic heterocycles. The van der Waals surface area contributed by atoms with Crippen molar-refractivity contribution in [2.75, 3.05) is 6.54 Å². The molecule has 5 nitrogen and oxygen atoms in total. The van der Waals surface area contributed by atoms with Gasteiger partial charge in [-0.25, -0.2) is 9.37 Å². The van der Waals surface area contributed by atoms with Crippen LogP contribution >= 0.6 is 0 Å². The summed E-state index contributed by atoms with van der Waals surface area (Å²) in [6.45, 7) is 4.65. The van der Waals surface area contributed by atoms with Gasteiger partial charge in [-0.15, -0.1) is 0 Å². The molecule has 1 N–H and O–H groups in total. The Balaban J connectivity index is 1.78. The van der Waals surface area contributed by atoms with Gasteiger partial charge in [-0.2, -0.15) is 5.10 Å². The van der Waals surface area contributed by atoms with Crippen molar-refractivity contribution in [3.8, 4) is 17.2 Å². The van der Waals surface area contributed by atoms with E-state index in [1.807, 2.05) is 22.4 Å².